The lowest BCUT2D eigenvalue weighted by Crippen LogP contribution is -2.27. The molecule has 0 saturated carbocycles. The van der Waals surface area contributed by atoms with Crippen molar-refractivity contribution < 1.29 is 19.5 Å². The van der Waals surface area contributed by atoms with E-state index in [1.807, 2.05) is 27.7 Å². The van der Waals surface area contributed by atoms with Crippen molar-refractivity contribution in [1.29, 1.82) is 0 Å². The molecular formula is C14H25N3O5. The highest BCUT2D eigenvalue weighted by Crippen LogP contribution is 2.27. The molecule has 1 aliphatic heterocycles. The van der Waals surface area contributed by atoms with Gasteiger partial charge in [-0.3, -0.25) is 20.0 Å². The maximum absolute atomic E-state index is 11.6. The molecule has 1 aromatic heterocycles. The van der Waals surface area contributed by atoms with Gasteiger partial charge in [-0.05, 0) is 18.9 Å². The third kappa shape index (κ3) is 5.82. The fourth-order valence-electron chi connectivity index (χ4n) is 1.85. The van der Waals surface area contributed by atoms with Crippen molar-refractivity contribution in [3.8, 4) is 0 Å². The van der Waals surface area contributed by atoms with Crippen LogP contribution in [0.2, 0.25) is 0 Å². The summed E-state index contributed by atoms with van der Waals surface area (Å²) in [6.45, 7) is 8.55. The Morgan fingerprint density at radius 3 is 2.68 bits per heavy atom. The molecule has 2 N–H and O–H groups in total. The predicted molar refractivity (Wildman–Crippen MR) is 81.8 cm³/mol. The molecular weight excluding hydrogens is 290 g/mol. The zero-order valence-electron chi connectivity index (χ0n) is 13.5. The number of nitrogens with one attached hydrogen (secondary N) is 1. The second kappa shape index (κ2) is 11.7. The van der Waals surface area contributed by atoms with Gasteiger partial charge in [0.05, 0.1) is 6.10 Å². The van der Waals surface area contributed by atoms with Crippen LogP contribution in [0.4, 0.5) is 5.82 Å². The minimum atomic E-state index is -0.518. The first kappa shape index (κ1) is 20.1. The van der Waals surface area contributed by atoms with Crippen molar-refractivity contribution in [2.75, 3.05) is 12.1 Å². The van der Waals surface area contributed by atoms with Crippen molar-refractivity contribution in [3.63, 3.8) is 0 Å². The fraction of sp³-hybridized carbons (Fsp3) is 0.643. The molecule has 0 bridgehead atoms. The summed E-state index contributed by atoms with van der Waals surface area (Å²) in [4.78, 5) is 25.3. The van der Waals surface area contributed by atoms with Gasteiger partial charge in [0.25, 0.3) is 6.47 Å². The van der Waals surface area contributed by atoms with E-state index in [9.17, 15) is 9.59 Å². The molecule has 0 aliphatic carbocycles. The van der Waals surface area contributed by atoms with Crippen LogP contribution in [0.5, 0.6) is 0 Å². The lowest BCUT2D eigenvalue weighted by atomic mass is 10.2. The van der Waals surface area contributed by atoms with Gasteiger partial charge in [-0.1, -0.05) is 27.7 Å². The number of carbonyl (C=O) groups is 1. The molecule has 2 atom stereocenters. The van der Waals surface area contributed by atoms with Crippen LogP contribution >= 0.6 is 0 Å². The summed E-state index contributed by atoms with van der Waals surface area (Å²) in [5, 5.41) is 8.62. The Balaban J connectivity index is 0.00000102. The van der Waals surface area contributed by atoms with Gasteiger partial charge in [0, 0.05) is 6.20 Å². The van der Waals surface area contributed by atoms with Crippen molar-refractivity contribution >= 4 is 12.3 Å². The van der Waals surface area contributed by atoms with E-state index in [0.29, 0.717) is 19.3 Å². The minimum Gasteiger partial charge on any atom is -0.465 e. The Kier molecular flexibility index (Phi) is 10.7. The zero-order chi connectivity index (χ0) is 17.0. The third-order valence-corrected chi connectivity index (χ3v) is 2.69. The van der Waals surface area contributed by atoms with Crippen molar-refractivity contribution in [1.82, 2.24) is 9.55 Å². The number of ether oxygens (including phenoxy) is 2. The molecule has 0 amide bonds. The average molecular weight is 315 g/mol. The molecule has 0 aromatic carbocycles. The maximum Gasteiger partial charge on any atom is 0.351 e. The number of carbonyl (C=O) groups excluding carboxylic acids is 1. The lowest BCUT2D eigenvalue weighted by Gasteiger charge is -2.15. The first-order valence-corrected chi connectivity index (χ1v) is 7.44. The molecule has 1 aliphatic rings. The number of hydrogen-bond acceptors (Lipinski definition) is 7. The first-order chi connectivity index (χ1) is 10.7. The SMILES string of the molecule is CC.CC.O=COCC1CCC(n2ccc(NO)nc2=O)O1. The van der Waals surface area contributed by atoms with Gasteiger partial charge < -0.3 is 9.47 Å². The molecule has 126 valence electrons. The Bertz CT molecular complexity index is 478. The van der Waals surface area contributed by atoms with Gasteiger partial charge in [0.15, 0.2) is 5.82 Å². The largest absolute Gasteiger partial charge is 0.465 e. The molecule has 2 heterocycles. The molecule has 2 rings (SSSR count). The molecule has 8 nitrogen and oxygen atoms in total. The van der Waals surface area contributed by atoms with Gasteiger partial charge in [0.2, 0.25) is 0 Å². The second-order valence-electron chi connectivity index (χ2n) is 3.83. The van der Waals surface area contributed by atoms with E-state index in [1.54, 1.807) is 5.48 Å². The lowest BCUT2D eigenvalue weighted by molar-refractivity contribution is -0.133. The average Bonchev–Trinajstić information content (AvgIpc) is 3.05. The van der Waals surface area contributed by atoms with Crippen LogP contribution in [0.25, 0.3) is 0 Å². The van der Waals surface area contributed by atoms with Gasteiger partial charge in [-0.2, -0.15) is 4.98 Å². The summed E-state index contributed by atoms with van der Waals surface area (Å²) < 4.78 is 11.5. The standard InChI is InChI=1S/C10H13N3O5.2C2H6/c14-6-17-5-7-1-2-9(18-7)13-4-3-8(12-16)11-10(13)15;2*1-2/h3-4,6-7,9,16H,1-2,5H2,(H,11,12,15);2*1-2H3. The van der Waals surface area contributed by atoms with Crippen LogP contribution in [-0.4, -0.2) is 33.9 Å². The van der Waals surface area contributed by atoms with Crippen LogP contribution in [-0.2, 0) is 14.3 Å². The van der Waals surface area contributed by atoms with Crippen molar-refractivity contribution in [3.05, 3.63) is 22.7 Å². The maximum atomic E-state index is 11.6. The van der Waals surface area contributed by atoms with Crippen LogP contribution in [0.15, 0.2) is 17.1 Å². The smallest absolute Gasteiger partial charge is 0.351 e. The van der Waals surface area contributed by atoms with Crippen LogP contribution in [0.3, 0.4) is 0 Å². The van der Waals surface area contributed by atoms with E-state index in [4.69, 9.17) is 9.94 Å². The zero-order valence-corrected chi connectivity index (χ0v) is 13.5. The van der Waals surface area contributed by atoms with Crippen molar-refractivity contribution in [2.24, 2.45) is 0 Å². The Hall–Kier alpha value is -1.93. The monoisotopic (exact) mass is 315 g/mol. The summed E-state index contributed by atoms with van der Waals surface area (Å²) in [6.07, 6.45) is 2.20. The molecule has 0 radical (unpaired) electrons. The van der Waals surface area contributed by atoms with Crippen molar-refractivity contribution in [2.45, 2.75) is 52.9 Å². The number of aromatic nitrogens is 2. The Labute approximate surface area is 130 Å². The number of nitrogens with zero attached hydrogens (tertiary/aromatic N) is 2. The van der Waals surface area contributed by atoms with Gasteiger partial charge >= 0.3 is 5.69 Å². The Morgan fingerprint density at radius 2 is 2.14 bits per heavy atom. The summed E-state index contributed by atoms with van der Waals surface area (Å²) >= 11 is 0. The highest BCUT2D eigenvalue weighted by atomic mass is 16.6. The Morgan fingerprint density at radius 1 is 1.45 bits per heavy atom. The minimum absolute atomic E-state index is 0.0788. The van der Waals surface area contributed by atoms with E-state index in [-0.39, 0.29) is 18.5 Å². The third-order valence-electron chi connectivity index (χ3n) is 2.69. The highest BCUT2D eigenvalue weighted by Gasteiger charge is 2.27. The second-order valence-corrected chi connectivity index (χ2v) is 3.83. The van der Waals surface area contributed by atoms with E-state index >= 15 is 0 Å². The molecule has 8 heteroatoms. The number of rotatable bonds is 5. The summed E-state index contributed by atoms with van der Waals surface area (Å²) in [6, 6.07) is 1.46. The fourth-order valence-corrected chi connectivity index (χ4v) is 1.85. The molecule has 2 unspecified atom stereocenters. The van der Waals surface area contributed by atoms with Crippen LogP contribution in [0.1, 0.15) is 46.8 Å². The van der Waals surface area contributed by atoms with Crippen LogP contribution < -0.4 is 11.2 Å². The van der Waals surface area contributed by atoms with Gasteiger partial charge in [0.1, 0.15) is 12.8 Å². The van der Waals surface area contributed by atoms with Gasteiger partial charge in [-0.15, -0.1) is 0 Å². The predicted octanol–water partition coefficient (Wildman–Crippen LogP) is 1.95. The molecule has 0 spiro atoms. The van der Waals surface area contributed by atoms with Gasteiger partial charge in [-0.25, -0.2) is 4.79 Å². The molecule has 1 saturated heterocycles. The quantitative estimate of drug-likeness (QED) is 0.632. The van der Waals surface area contributed by atoms with E-state index in [2.05, 4.69) is 9.72 Å². The van der Waals surface area contributed by atoms with Crippen LogP contribution in [0, 0.1) is 0 Å². The van der Waals surface area contributed by atoms with E-state index < -0.39 is 11.9 Å². The van der Waals surface area contributed by atoms with E-state index in [0.717, 1.165) is 0 Å². The first-order valence-electron chi connectivity index (χ1n) is 7.44. The number of hydrogen-bond donors (Lipinski definition) is 2. The topological polar surface area (TPSA) is 103 Å². The molecule has 1 fully saturated rings. The molecule has 22 heavy (non-hydrogen) atoms. The summed E-state index contributed by atoms with van der Waals surface area (Å²) in [7, 11) is 0. The summed E-state index contributed by atoms with van der Waals surface area (Å²) in [5.74, 6) is 0.0788. The normalized spacial score (nSPS) is 19.1. The number of anilines is 1. The summed E-state index contributed by atoms with van der Waals surface area (Å²) in [5.41, 5.74) is 1.28. The van der Waals surface area contributed by atoms with E-state index in [1.165, 1.54) is 16.8 Å². The molecule has 1 aromatic rings. The highest BCUT2D eigenvalue weighted by molar-refractivity contribution is 5.36.